The zero-order valence-electron chi connectivity index (χ0n) is 15.3. The number of nitrogens with two attached hydrogens (primary N) is 1. The van der Waals surface area contributed by atoms with Crippen LogP contribution in [0, 0.1) is 6.92 Å². The summed E-state index contributed by atoms with van der Waals surface area (Å²) < 4.78 is 24.6. The van der Waals surface area contributed by atoms with Crippen LogP contribution in [0.3, 0.4) is 0 Å². The first kappa shape index (κ1) is 19.2. The van der Waals surface area contributed by atoms with Crippen molar-refractivity contribution in [2.24, 2.45) is 0 Å². The Bertz CT molecular complexity index is 953. The van der Waals surface area contributed by atoms with Crippen LogP contribution in [0.4, 0.5) is 11.8 Å². The van der Waals surface area contributed by atoms with Gasteiger partial charge in [0.25, 0.3) is 0 Å². The summed E-state index contributed by atoms with van der Waals surface area (Å²) in [6.07, 6.45) is 3.96. The number of ketones is 1. The number of nitrogens with zero attached hydrogens (tertiary/aromatic N) is 3. The standard InChI is InChI=1S/C18H23N5O3S/c1-12-5-3-4-6-14(12)16(24)15-11-20-18(22-17(15)19)21-13-7-9-23(10-8-13)27(2,25)26/h3-6,11,13H,7-10H2,1-2H3,(H3,19,20,21,22). The maximum Gasteiger partial charge on any atom is 0.224 e. The van der Waals surface area contributed by atoms with Crippen LogP contribution in [0.1, 0.15) is 34.3 Å². The SMILES string of the molecule is Cc1ccccc1C(=O)c1cnc(NC2CCN(S(C)(=O)=O)CC2)nc1N. The van der Waals surface area contributed by atoms with Gasteiger partial charge < -0.3 is 11.1 Å². The van der Waals surface area contributed by atoms with E-state index in [1.807, 2.05) is 19.1 Å². The Morgan fingerprint density at radius 1 is 1.22 bits per heavy atom. The number of aromatic nitrogens is 2. The van der Waals surface area contributed by atoms with Crippen LogP contribution in [-0.4, -0.2) is 53.9 Å². The predicted octanol–water partition coefficient (Wildman–Crippen LogP) is 1.43. The molecule has 9 heteroatoms. The zero-order valence-corrected chi connectivity index (χ0v) is 16.2. The van der Waals surface area contributed by atoms with E-state index in [1.165, 1.54) is 16.8 Å². The highest BCUT2D eigenvalue weighted by Gasteiger charge is 2.25. The van der Waals surface area contributed by atoms with Crippen molar-refractivity contribution in [2.75, 3.05) is 30.4 Å². The molecule has 1 saturated heterocycles. The molecule has 144 valence electrons. The second kappa shape index (κ2) is 7.61. The van der Waals surface area contributed by atoms with Crippen LogP contribution < -0.4 is 11.1 Å². The second-order valence-corrected chi connectivity index (χ2v) is 8.70. The highest BCUT2D eigenvalue weighted by molar-refractivity contribution is 7.88. The van der Waals surface area contributed by atoms with Crippen LogP contribution in [0.2, 0.25) is 0 Å². The summed E-state index contributed by atoms with van der Waals surface area (Å²) in [7, 11) is -3.16. The molecule has 3 rings (SSSR count). The van der Waals surface area contributed by atoms with Crippen molar-refractivity contribution in [2.45, 2.75) is 25.8 Å². The summed E-state index contributed by atoms with van der Waals surface area (Å²) in [6, 6.07) is 7.34. The van der Waals surface area contributed by atoms with E-state index in [0.717, 1.165) is 5.56 Å². The molecule has 0 atom stereocenters. The van der Waals surface area contributed by atoms with Gasteiger partial charge in [-0.05, 0) is 25.3 Å². The average molecular weight is 389 g/mol. The molecule has 0 radical (unpaired) electrons. The van der Waals surface area contributed by atoms with Crippen LogP contribution in [-0.2, 0) is 10.0 Å². The number of piperidine rings is 1. The van der Waals surface area contributed by atoms with E-state index in [0.29, 0.717) is 37.4 Å². The molecule has 0 aliphatic carbocycles. The Morgan fingerprint density at radius 3 is 2.48 bits per heavy atom. The number of sulfonamides is 1. The Balaban J connectivity index is 1.69. The molecule has 2 heterocycles. The smallest absolute Gasteiger partial charge is 0.224 e. The molecule has 3 N–H and O–H groups in total. The minimum Gasteiger partial charge on any atom is -0.383 e. The van der Waals surface area contributed by atoms with Gasteiger partial charge in [-0.1, -0.05) is 24.3 Å². The summed E-state index contributed by atoms with van der Waals surface area (Å²) >= 11 is 0. The van der Waals surface area contributed by atoms with Gasteiger partial charge in [0.1, 0.15) is 5.82 Å². The Hall–Kier alpha value is -2.52. The molecule has 8 nitrogen and oxygen atoms in total. The van der Waals surface area contributed by atoms with E-state index in [-0.39, 0.29) is 23.2 Å². The number of aryl methyl sites for hydroxylation is 1. The number of hydrogen-bond acceptors (Lipinski definition) is 7. The van der Waals surface area contributed by atoms with Crippen LogP contribution in [0.15, 0.2) is 30.5 Å². The van der Waals surface area contributed by atoms with Gasteiger partial charge in [-0.2, -0.15) is 4.98 Å². The fourth-order valence-electron chi connectivity index (χ4n) is 3.13. The quantitative estimate of drug-likeness (QED) is 0.743. The predicted molar refractivity (Wildman–Crippen MR) is 104 cm³/mol. The summed E-state index contributed by atoms with van der Waals surface area (Å²) in [4.78, 5) is 21.1. The van der Waals surface area contributed by atoms with Crippen molar-refractivity contribution in [1.82, 2.24) is 14.3 Å². The fourth-order valence-corrected chi connectivity index (χ4v) is 4.00. The monoisotopic (exact) mass is 389 g/mol. The van der Waals surface area contributed by atoms with Crippen molar-refractivity contribution in [3.8, 4) is 0 Å². The maximum absolute atomic E-state index is 12.7. The summed E-state index contributed by atoms with van der Waals surface area (Å²) in [5.74, 6) is 0.250. The normalized spacial score (nSPS) is 16.2. The molecule has 0 unspecified atom stereocenters. The summed E-state index contributed by atoms with van der Waals surface area (Å²) in [6.45, 7) is 2.77. The van der Waals surface area contributed by atoms with E-state index < -0.39 is 10.0 Å². The summed E-state index contributed by atoms with van der Waals surface area (Å²) in [5.41, 5.74) is 7.69. The van der Waals surface area contributed by atoms with Gasteiger partial charge in [-0.3, -0.25) is 4.79 Å². The van der Waals surface area contributed by atoms with Crippen molar-refractivity contribution < 1.29 is 13.2 Å². The van der Waals surface area contributed by atoms with E-state index in [4.69, 9.17) is 5.73 Å². The molecule has 1 fully saturated rings. The zero-order chi connectivity index (χ0) is 19.6. The lowest BCUT2D eigenvalue weighted by Gasteiger charge is -2.30. The highest BCUT2D eigenvalue weighted by atomic mass is 32.2. The van der Waals surface area contributed by atoms with E-state index in [9.17, 15) is 13.2 Å². The Morgan fingerprint density at radius 2 is 1.89 bits per heavy atom. The van der Waals surface area contributed by atoms with Crippen molar-refractivity contribution in [3.63, 3.8) is 0 Å². The Labute approximate surface area is 158 Å². The third-order valence-corrected chi connectivity index (χ3v) is 6.01. The molecule has 0 bridgehead atoms. The van der Waals surface area contributed by atoms with Gasteiger partial charge in [0.2, 0.25) is 16.0 Å². The van der Waals surface area contributed by atoms with Gasteiger partial charge in [0.15, 0.2) is 5.78 Å². The largest absolute Gasteiger partial charge is 0.383 e. The van der Waals surface area contributed by atoms with Gasteiger partial charge in [-0.15, -0.1) is 0 Å². The highest BCUT2D eigenvalue weighted by Crippen LogP contribution is 2.20. The van der Waals surface area contributed by atoms with E-state index in [2.05, 4.69) is 15.3 Å². The fraction of sp³-hybridized carbons (Fsp3) is 0.389. The minimum absolute atomic E-state index is 0.0559. The number of hydrogen-bond donors (Lipinski definition) is 2. The van der Waals surface area contributed by atoms with Crippen LogP contribution in [0.5, 0.6) is 0 Å². The molecule has 27 heavy (non-hydrogen) atoms. The number of benzene rings is 1. The van der Waals surface area contributed by atoms with Gasteiger partial charge in [0.05, 0.1) is 11.8 Å². The Kier molecular flexibility index (Phi) is 5.43. The van der Waals surface area contributed by atoms with Crippen molar-refractivity contribution in [1.29, 1.82) is 0 Å². The van der Waals surface area contributed by atoms with Crippen LogP contribution in [0.25, 0.3) is 0 Å². The molecule has 0 saturated carbocycles. The third kappa shape index (κ3) is 4.42. The van der Waals surface area contributed by atoms with Gasteiger partial charge >= 0.3 is 0 Å². The molecule has 1 aliphatic rings. The lowest BCUT2D eigenvalue weighted by Crippen LogP contribution is -2.42. The number of nitrogen functional groups attached to an aromatic ring is 1. The topological polar surface area (TPSA) is 118 Å². The van der Waals surface area contributed by atoms with Gasteiger partial charge in [0, 0.05) is 30.9 Å². The van der Waals surface area contributed by atoms with Crippen molar-refractivity contribution in [3.05, 3.63) is 47.2 Å². The number of carbonyl (C=O) groups is 1. The molecule has 1 aliphatic heterocycles. The maximum atomic E-state index is 12.7. The molecule has 1 aromatic carbocycles. The first-order chi connectivity index (χ1) is 12.8. The lowest BCUT2D eigenvalue weighted by molar-refractivity contribution is 0.103. The first-order valence-electron chi connectivity index (χ1n) is 8.70. The molecular weight excluding hydrogens is 366 g/mol. The molecule has 0 spiro atoms. The summed E-state index contributed by atoms with van der Waals surface area (Å²) in [5, 5.41) is 3.18. The minimum atomic E-state index is -3.16. The number of rotatable bonds is 5. The second-order valence-electron chi connectivity index (χ2n) is 6.72. The number of nitrogens with one attached hydrogen (secondary N) is 1. The molecule has 1 aromatic heterocycles. The van der Waals surface area contributed by atoms with E-state index >= 15 is 0 Å². The first-order valence-corrected chi connectivity index (χ1v) is 10.5. The molecule has 2 aromatic rings. The van der Waals surface area contributed by atoms with Crippen LogP contribution >= 0.6 is 0 Å². The average Bonchev–Trinajstić information content (AvgIpc) is 2.61. The third-order valence-electron chi connectivity index (χ3n) is 4.71. The van der Waals surface area contributed by atoms with Crippen molar-refractivity contribution >= 4 is 27.6 Å². The van der Waals surface area contributed by atoms with E-state index in [1.54, 1.807) is 12.1 Å². The van der Waals surface area contributed by atoms with Gasteiger partial charge in [-0.25, -0.2) is 17.7 Å². The number of anilines is 2. The number of carbonyl (C=O) groups excluding carboxylic acids is 1. The molecule has 0 amide bonds. The molecular formula is C18H23N5O3S. The lowest BCUT2D eigenvalue weighted by atomic mass is 10.0.